The molecule has 8 heteroatoms. The van der Waals surface area contributed by atoms with Gasteiger partial charge in [0.1, 0.15) is 12.4 Å². The Kier molecular flexibility index (Phi) is 8.59. The Bertz CT molecular complexity index is 1040. The average molecular weight is 495 g/mol. The molecule has 2 aliphatic rings. The molecule has 194 valence electrons. The normalized spacial score (nSPS) is 24.1. The van der Waals surface area contributed by atoms with Gasteiger partial charge in [-0.2, -0.15) is 0 Å². The summed E-state index contributed by atoms with van der Waals surface area (Å²) in [5, 5.41) is 3.00. The van der Waals surface area contributed by atoms with Crippen LogP contribution in [0, 0.1) is 11.8 Å². The largest absolute Gasteiger partial charge is 0.491 e. The molecule has 0 saturated heterocycles. The summed E-state index contributed by atoms with van der Waals surface area (Å²) >= 11 is 0. The maximum atomic E-state index is 13.4. The predicted octanol–water partition coefficient (Wildman–Crippen LogP) is 3.83. The number of rotatable bonds is 5. The molecule has 0 unspecified atom stereocenters. The minimum Gasteiger partial charge on any atom is -0.491 e. The van der Waals surface area contributed by atoms with Crippen LogP contribution in [0.3, 0.4) is 0 Å². The summed E-state index contributed by atoms with van der Waals surface area (Å²) in [4.78, 5) is 34.1. The highest BCUT2D eigenvalue weighted by Gasteiger charge is 2.29. The second-order valence-corrected chi connectivity index (χ2v) is 10.2. The summed E-state index contributed by atoms with van der Waals surface area (Å²) < 4.78 is 12.1. The van der Waals surface area contributed by atoms with Crippen LogP contribution in [0.4, 0.5) is 5.69 Å². The number of hydrogen-bond donors (Lipinski definition) is 1. The van der Waals surface area contributed by atoms with Crippen molar-refractivity contribution in [3.8, 4) is 5.75 Å². The minimum absolute atomic E-state index is 0.0339. The third kappa shape index (κ3) is 6.23. The lowest BCUT2D eigenvalue weighted by Gasteiger charge is -2.36. The zero-order valence-corrected chi connectivity index (χ0v) is 21.8. The lowest BCUT2D eigenvalue weighted by molar-refractivity contribution is -0.122. The highest BCUT2D eigenvalue weighted by molar-refractivity contribution is 5.99. The van der Waals surface area contributed by atoms with Gasteiger partial charge in [0.05, 0.1) is 11.7 Å². The Morgan fingerprint density at radius 3 is 2.58 bits per heavy atom. The average Bonchev–Trinajstić information content (AvgIpc) is 2.83. The summed E-state index contributed by atoms with van der Waals surface area (Å²) in [5.41, 5.74) is 2.31. The highest BCUT2D eigenvalue weighted by atomic mass is 16.5. The first-order valence-electron chi connectivity index (χ1n) is 12.8. The van der Waals surface area contributed by atoms with E-state index in [9.17, 15) is 9.59 Å². The van der Waals surface area contributed by atoms with Gasteiger partial charge < -0.3 is 19.7 Å². The molecule has 1 aliphatic carbocycles. The molecule has 36 heavy (non-hydrogen) atoms. The number of ether oxygens (including phenoxy) is 2. The van der Waals surface area contributed by atoms with E-state index in [1.807, 2.05) is 24.5 Å². The molecule has 1 N–H and O–H groups in total. The fourth-order valence-electron chi connectivity index (χ4n) is 4.78. The smallest absolute Gasteiger partial charge is 0.257 e. The van der Waals surface area contributed by atoms with Gasteiger partial charge in [0.15, 0.2) is 0 Å². The monoisotopic (exact) mass is 494 g/mol. The molecule has 0 spiro atoms. The number of carbonyl (C=O) groups excluding carboxylic acids is 2. The molecule has 1 aromatic carbocycles. The molecule has 3 atom stereocenters. The molecule has 1 saturated carbocycles. The van der Waals surface area contributed by atoms with Crippen LogP contribution in [-0.4, -0.2) is 72.6 Å². The van der Waals surface area contributed by atoms with E-state index in [1.54, 1.807) is 37.3 Å². The van der Waals surface area contributed by atoms with Crippen LogP contribution in [0.15, 0.2) is 42.7 Å². The van der Waals surface area contributed by atoms with Crippen molar-refractivity contribution in [3.05, 3.63) is 53.9 Å². The van der Waals surface area contributed by atoms with Crippen LogP contribution >= 0.6 is 0 Å². The van der Waals surface area contributed by atoms with E-state index in [-0.39, 0.29) is 35.8 Å². The molecule has 2 aromatic rings. The van der Waals surface area contributed by atoms with Crippen molar-refractivity contribution in [2.24, 2.45) is 11.8 Å². The molecule has 8 nitrogen and oxygen atoms in total. The number of methoxy groups -OCH3 is 1. The summed E-state index contributed by atoms with van der Waals surface area (Å²) in [6.45, 7) is 6.71. The number of fused-ring (bicyclic) bond motifs is 1. The SMILES string of the molecule is CO[C@@H]1CN(C)C(=O)c2ccc(NC(=O)C3CCC3)cc2OC[C@H](C)N(Cc2ccncc2)C[C@@H]1C. The highest BCUT2D eigenvalue weighted by Crippen LogP contribution is 2.30. The predicted molar refractivity (Wildman–Crippen MR) is 139 cm³/mol. The number of pyridine rings is 1. The van der Waals surface area contributed by atoms with E-state index >= 15 is 0 Å². The number of hydrogen-bond acceptors (Lipinski definition) is 6. The summed E-state index contributed by atoms with van der Waals surface area (Å²) in [7, 11) is 3.50. The van der Waals surface area contributed by atoms with E-state index in [0.717, 1.165) is 32.4 Å². The first-order chi connectivity index (χ1) is 17.4. The van der Waals surface area contributed by atoms with Crippen LogP contribution in [-0.2, 0) is 16.1 Å². The topological polar surface area (TPSA) is 84.0 Å². The van der Waals surface area contributed by atoms with Crippen molar-refractivity contribution in [2.75, 3.05) is 39.2 Å². The van der Waals surface area contributed by atoms with Gasteiger partial charge in [-0.3, -0.25) is 19.5 Å². The van der Waals surface area contributed by atoms with Gasteiger partial charge in [-0.15, -0.1) is 0 Å². The maximum absolute atomic E-state index is 13.4. The van der Waals surface area contributed by atoms with Gasteiger partial charge in [0.2, 0.25) is 5.91 Å². The number of benzene rings is 1. The van der Waals surface area contributed by atoms with E-state index in [2.05, 4.69) is 29.0 Å². The summed E-state index contributed by atoms with van der Waals surface area (Å²) in [6.07, 6.45) is 6.47. The molecule has 2 heterocycles. The molecular formula is C28H38N4O4. The van der Waals surface area contributed by atoms with Gasteiger partial charge in [0, 0.05) is 69.9 Å². The van der Waals surface area contributed by atoms with Gasteiger partial charge in [-0.1, -0.05) is 13.3 Å². The van der Waals surface area contributed by atoms with E-state index in [1.165, 1.54) is 5.56 Å². The Balaban J connectivity index is 1.61. The number of amides is 2. The Labute approximate surface area is 214 Å². The zero-order chi connectivity index (χ0) is 25.7. The molecular weight excluding hydrogens is 456 g/mol. The van der Waals surface area contributed by atoms with Gasteiger partial charge in [-0.25, -0.2) is 0 Å². The maximum Gasteiger partial charge on any atom is 0.257 e. The van der Waals surface area contributed by atoms with Crippen molar-refractivity contribution < 1.29 is 19.1 Å². The lowest BCUT2D eigenvalue weighted by atomic mass is 9.85. The van der Waals surface area contributed by atoms with Crippen LogP contribution in [0.25, 0.3) is 0 Å². The van der Waals surface area contributed by atoms with Crippen molar-refractivity contribution in [2.45, 2.75) is 51.8 Å². The Hall–Kier alpha value is -2.97. The number of aromatic nitrogens is 1. The number of anilines is 1. The second kappa shape index (κ2) is 11.8. The number of nitrogens with one attached hydrogen (secondary N) is 1. The second-order valence-electron chi connectivity index (χ2n) is 10.2. The summed E-state index contributed by atoms with van der Waals surface area (Å²) in [5.74, 6) is 0.660. The third-order valence-electron chi connectivity index (χ3n) is 7.45. The fraction of sp³-hybridized carbons (Fsp3) is 0.536. The quantitative estimate of drug-likeness (QED) is 0.680. The van der Waals surface area contributed by atoms with Crippen LogP contribution in [0.5, 0.6) is 5.75 Å². The Morgan fingerprint density at radius 1 is 1.17 bits per heavy atom. The summed E-state index contributed by atoms with van der Waals surface area (Å²) in [6, 6.07) is 9.45. The van der Waals surface area contributed by atoms with Crippen LogP contribution < -0.4 is 10.1 Å². The van der Waals surface area contributed by atoms with E-state index in [4.69, 9.17) is 9.47 Å². The molecule has 1 aromatic heterocycles. The van der Waals surface area contributed by atoms with Gasteiger partial charge in [-0.05, 0) is 55.5 Å². The first kappa shape index (κ1) is 26.1. The molecule has 1 aliphatic heterocycles. The van der Waals surface area contributed by atoms with E-state index in [0.29, 0.717) is 30.2 Å². The fourth-order valence-corrected chi connectivity index (χ4v) is 4.78. The third-order valence-corrected chi connectivity index (χ3v) is 7.45. The Morgan fingerprint density at radius 2 is 1.92 bits per heavy atom. The minimum atomic E-state index is -0.127. The van der Waals surface area contributed by atoms with Crippen molar-refractivity contribution in [1.29, 1.82) is 0 Å². The van der Waals surface area contributed by atoms with Crippen molar-refractivity contribution >= 4 is 17.5 Å². The molecule has 2 amide bonds. The molecule has 1 fully saturated rings. The lowest BCUT2D eigenvalue weighted by Crippen LogP contribution is -2.46. The van der Waals surface area contributed by atoms with Gasteiger partial charge >= 0.3 is 0 Å². The number of likely N-dealkylation sites (N-methyl/N-ethyl adjacent to an activating group) is 1. The molecule has 0 bridgehead atoms. The van der Waals surface area contributed by atoms with Crippen molar-refractivity contribution in [3.63, 3.8) is 0 Å². The zero-order valence-electron chi connectivity index (χ0n) is 21.8. The molecule has 4 rings (SSSR count). The molecule has 0 radical (unpaired) electrons. The number of carbonyl (C=O) groups is 2. The van der Waals surface area contributed by atoms with Crippen LogP contribution in [0.2, 0.25) is 0 Å². The number of nitrogens with zero attached hydrogens (tertiary/aromatic N) is 3. The van der Waals surface area contributed by atoms with E-state index < -0.39 is 0 Å². The van der Waals surface area contributed by atoms with Crippen LogP contribution in [0.1, 0.15) is 49.0 Å². The standard InChI is InChI=1S/C28H38N4O4/c1-19-15-32(16-21-10-12-29-13-11-21)20(2)18-36-25-14-23(30-27(33)22-6-5-7-22)8-9-24(25)28(34)31(3)17-26(19)35-4/h8-14,19-20,22,26H,5-7,15-18H2,1-4H3,(H,30,33)/t19-,20-,26+/m0/s1. The van der Waals surface area contributed by atoms with Gasteiger partial charge in [0.25, 0.3) is 5.91 Å². The van der Waals surface area contributed by atoms with Crippen molar-refractivity contribution in [1.82, 2.24) is 14.8 Å². The first-order valence-corrected chi connectivity index (χ1v) is 12.8.